The van der Waals surface area contributed by atoms with Crippen LogP contribution in [0.25, 0.3) is 11.4 Å². The summed E-state index contributed by atoms with van der Waals surface area (Å²) in [6, 6.07) is 13.4. The van der Waals surface area contributed by atoms with E-state index < -0.39 is 0 Å². The van der Waals surface area contributed by atoms with Gasteiger partial charge in [-0.3, -0.25) is 9.36 Å². The summed E-state index contributed by atoms with van der Waals surface area (Å²) in [4.78, 5) is 12.3. The van der Waals surface area contributed by atoms with Gasteiger partial charge in [0.25, 0.3) is 5.91 Å². The van der Waals surface area contributed by atoms with E-state index in [1.54, 1.807) is 13.3 Å². The first kappa shape index (κ1) is 24.2. The first-order chi connectivity index (χ1) is 15.4. The van der Waals surface area contributed by atoms with Crippen molar-refractivity contribution in [1.82, 2.24) is 20.2 Å². The number of carbonyl (C=O) groups is 1. The quantitative estimate of drug-likeness (QED) is 0.161. The summed E-state index contributed by atoms with van der Waals surface area (Å²) in [7, 11) is 1.58. The lowest BCUT2D eigenvalue weighted by molar-refractivity contribution is -0.118. The number of carbonyl (C=O) groups excluding carboxylic acids is 1. The minimum absolute atomic E-state index is 0.140. The van der Waals surface area contributed by atoms with Crippen LogP contribution >= 0.6 is 43.6 Å². The van der Waals surface area contributed by atoms with Crippen LogP contribution < -0.4 is 10.2 Å². The number of nitrogens with one attached hydrogen (secondary N) is 1. The second-order valence-corrected chi connectivity index (χ2v) is 9.60. The van der Waals surface area contributed by atoms with E-state index in [0.29, 0.717) is 17.5 Å². The molecule has 0 atom stereocenters. The molecule has 0 aliphatic heterocycles. The van der Waals surface area contributed by atoms with Crippen LogP contribution in [-0.2, 0) is 11.3 Å². The molecule has 3 rings (SSSR count). The van der Waals surface area contributed by atoms with Gasteiger partial charge >= 0.3 is 0 Å². The summed E-state index contributed by atoms with van der Waals surface area (Å²) >= 11 is 8.15. The Morgan fingerprint density at radius 3 is 2.62 bits per heavy atom. The molecular weight excluding hydrogens is 558 g/mol. The Hall–Kier alpha value is -2.43. The molecule has 1 amide bonds. The third-order valence-electron chi connectivity index (χ3n) is 4.16. The van der Waals surface area contributed by atoms with Crippen molar-refractivity contribution in [2.24, 2.45) is 5.10 Å². The number of amides is 1. The average Bonchev–Trinajstić information content (AvgIpc) is 3.14. The number of hydrogen-bond acceptors (Lipinski definition) is 6. The second kappa shape index (κ2) is 11.4. The fourth-order valence-electron chi connectivity index (χ4n) is 2.76. The molecule has 0 saturated carbocycles. The standard InChI is InChI=1S/C22H21Br2N5O2S/c1-14(2)12-29-21(15-4-6-17(23)7-5-15)27-28-22(29)32-13-20(30)26-25-11-16-10-18(24)8-9-19(16)31-3/h4-11H,1,12-13H2,2-3H3,(H,26,30)/b25-11+. The van der Waals surface area contributed by atoms with E-state index in [-0.39, 0.29) is 11.7 Å². The van der Waals surface area contributed by atoms with Gasteiger partial charge in [0, 0.05) is 26.6 Å². The molecule has 1 aromatic heterocycles. The van der Waals surface area contributed by atoms with Gasteiger partial charge < -0.3 is 4.74 Å². The van der Waals surface area contributed by atoms with Gasteiger partial charge in [-0.1, -0.05) is 67.9 Å². The number of allylic oxidation sites excluding steroid dienone is 1. The highest BCUT2D eigenvalue weighted by atomic mass is 79.9. The molecule has 0 aliphatic rings. The Labute approximate surface area is 207 Å². The highest BCUT2D eigenvalue weighted by molar-refractivity contribution is 9.10. The molecule has 0 bridgehead atoms. The molecule has 0 saturated heterocycles. The van der Waals surface area contributed by atoms with Crippen LogP contribution in [0.5, 0.6) is 5.75 Å². The molecule has 0 aliphatic carbocycles. The largest absolute Gasteiger partial charge is 0.496 e. The number of rotatable bonds is 9. The summed E-state index contributed by atoms with van der Waals surface area (Å²) in [6.07, 6.45) is 1.54. The topological polar surface area (TPSA) is 81.4 Å². The second-order valence-electron chi connectivity index (χ2n) is 6.82. The molecular formula is C22H21Br2N5O2S. The molecule has 0 radical (unpaired) electrons. The predicted octanol–water partition coefficient (Wildman–Crippen LogP) is 5.30. The molecule has 0 unspecified atom stereocenters. The minimum Gasteiger partial charge on any atom is -0.496 e. The van der Waals surface area contributed by atoms with Gasteiger partial charge in [-0.25, -0.2) is 5.43 Å². The fourth-order valence-corrected chi connectivity index (χ4v) is 4.14. The molecule has 1 N–H and O–H groups in total. The van der Waals surface area contributed by atoms with E-state index in [9.17, 15) is 4.79 Å². The monoisotopic (exact) mass is 577 g/mol. The van der Waals surface area contributed by atoms with Crippen molar-refractivity contribution in [3.63, 3.8) is 0 Å². The van der Waals surface area contributed by atoms with E-state index in [2.05, 4.69) is 59.2 Å². The zero-order valence-corrected chi connectivity index (χ0v) is 21.5. The maximum absolute atomic E-state index is 12.3. The van der Waals surface area contributed by atoms with Crippen molar-refractivity contribution in [2.75, 3.05) is 12.9 Å². The lowest BCUT2D eigenvalue weighted by Crippen LogP contribution is -2.20. The van der Waals surface area contributed by atoms with Crippen molar-refractivity contribution >= 4 is 55.7 Å². The molecule has 3 aromatic rings. The van der Waals surface area contributed by atoms with Crippen LogP contribution in [0.3, 0.4) is 0 Å². The highest BCUT2D eigenvalue weighted by Gasteiger charge is 2.16. The van der Waals surface area contributed by atoms with Crippen molar-refractivity contribution in [2.45, 2.75) is 18.6 Å². The Balaban J connectivity index is 1.67. The molecule has 166 valence electrons. The lowest BCUT2D eigenvalue weighted by Gasteiger charge is -2.10. The Bertz CT molecular complexity index is 1150. The number of halogens is 2. The number of aromatic nitrogens is 3. The van der Waals surface area contributed by atoms with Crippen molar-refractivity contribution in [3.05, 3.63) is 69.1 Å². The van der Waals surface area contributed by atoms with Gasteiger partial charge in [0.15, 0.2) is 11.0 Å². The summed E-state index contributed by atoms with van der Waals surface area (Å²) in [5, 5.41) is 13.3. The number of thioether (sulfide) groups is 1. The third-order valence-corrected chi connectivity index (χ3v) is 6.15. The van der Waals surface area contributed by atoms with Crippen LogP contribution in [-0.4, -0.2) is 39.7 Å². The van der Waals surface area contributed by atoms with Gasteiger partial charge in [-0.2, -0.15) is 5.10 Å². The Morgan fingerprint density at radius 2 is 1.94 bits per heavy atom. The Kier molecular flexibility index (Phi) is 8.66. The lowest BCUT2D eigenvalue weighted by atomic mass is 10.2. The normalized spacial score (nSPS) is 11.0. The van der Waals surface area contributed by atoms with Gasteiger partial charge in [-0.15, -0.1) is 10.2 Å². The maximum atomic E-state index is 12.3. The van der Waals surface area contributed by atoms with Crippen LogP contribution in [0.15, 0.2) is 73.8 Å². The number of hydrazone groups is 1. The molecule has 0 fully saturated rings. The van der Waals surface area contributed by atoms with E-state index in [1.807, 2.05) is 54.0 Å². The highest BCUT2D eigenvalue weighted by Crippen LogP contribution is 2.26. The van der Waals surface area contributed by atoms with Crippen LogP contribution in [0, 0.1) is 0 Å². The van der Waals surface area contributed by atoms with Crippen molar-refractivity contribution < 1.29 is 9.53 Å². The smallest absolute Gasteiger partial charge is 0.250 e. The van der Waals surface area contributed by atoms with Gasteiger partial charge in [0.1, 0.15) is 5.75 Å². The van der Waals surface area contributed by atoms with Crippen molar-refractivity contribution in [3.8, 4) is 17.1 Å². The SMILES string of the molecule is C=C(C)Cn1c(SCC(=O)N/N=C/c2cc(Br)ccc2OC)nnc1-c1ccc(Br)cc1. The van der Waals surface area contributed by atoms with Crippen LogP contribution in [0.1, 0.15) is 12.5 Å². The van der Waals surface area contributed by atoms with E-state index in [0.717, 1.165) is 31.5 Å². The first-order valence-electron chi connectivity index (χ1n) is 9.49. The number of nitrogens with zero attached hydrogens (tertiary/aromatic N) is 4. The first-order valence-corrected chi connectivity index (χ1v) is 12.1. The summed E-state index contributed by atoms with van der Waals surface area (Å²) in [5.74, 6) is 1.27. The number of ether oxygens (including phenoxy) is 1. The molecule has 1 heterocycles. The van der Waals surface area contributed by atoms with Crippen LogP contribution in [0.4, 0.5) is 0 Å². The van der Waals surface area contributed by atoms with E-state index in [1.165, 1.54) is 11.8 Å². The number of hydrogen-bond donors (Lipinski definition) is 1. The van der Waals surface area contributed by atoms with Gasteiger partial charge in [-0.05, 0) is 37.3 Å². The van der Waals surface area contributed by atoms with Crippen LogP contribution in [0.2, 0.25) is 0 Å². The minimum atomic E-state index is -0.254. The number of benzene rings is 2. The van der Waals surface area contributed by atoms with Gasteiger partial charge in [0.05, 0.1) is 19.1 Å². The van der Waals surface area contributed by atoms with Gasteiger partial charge in [0.2, 0.25) is 0 Å². The van der Waals surface area contributed by atoms with E-state index >= 15 is 0 Å². The average molecular weight is 579 g/mol. The van der Waals surface area contributed by atoms with Crippen molar-refractivity contribution in [1.29, 1.82) is 0 Å². The zero-order valence-electron chi connectivity index (χ0n) is 17.5. The fraction of sp³-hybridized carbons (Fsp3) is 0.182. The summed E-state index contributed by atoms with van der Waals surface area (Å²) < 4.78 is 9.13. The molecule has 2 aromatic carbocycles. The predicted molar refractivity (Wildman–Crippen MR) is 135 cm³/mol. The molecule has 10 heteroatoms. The molecule has 0 spiro atoms. The maximum Gasteiger partial charge on any atom is 0.250 e. The third kappa shape index (κ3) is 6.54. The number of methoxy groups -OCH3 is 1. The summed E-state index contributed by atoms with van der Waals surface area (Å²) in [6.45, 7) is 6.50. The van der Waals surface area contributed by atoms with E-state index in [4.69, 9.17) is 4.74 Å². The summed E-state index contributed by atoms with van der Waals surface area (Å²) in [5.41, 5.74) is 5.18. The molecule has 32 heavy (non-hydrogen) atoms. The Morgan fingerprint density at radius 1 is 1.22 bits per heavy atom. The molecule has 7 nitrogen and oxygen atoms in total. The zero-order chi connectivity index (χ0) is 23.1.